The maximum Gasteiger partial charge on any atom is 0.408 e. The molecule has 11 heteroatoms. The van der Waals surface area contributed by atoms with Crippen molar-refractivity contribution in [3.05, 3.63) is 23.5 Å². The third kappa shape index (κ3) is 3.60. The van der Waals surface area contributed by atoms with Crippen LogP contribution in [0.4, 0.5) is 23.8 Å². The number of hydrogen-bond donors (Lipinski definition) is 2. The molecule has 0 radical (unpaired) electrons. The number of fused-ring (bicyclic) bond motifs is 1. The van der Waals surface area contributed by atoms with Crippen molar-refractivity contribution < 1.29 is 22.8 Å². The average molecular weight is 410 g/mol. The molecule has 3 heterocycles. The molecular formula is C18H21F3N6O2. The number of alkyl halides is 3. The van der Waals surface area contributed by atoms with Crippen molar-refractivity contribution in [1.82, 2.24) is 25.2 Å². The van der Waals surface area contributed by atoms with E-state index in [4.69, 9.17) is 0 Å². The standard InChI is InChI=1S/C18H21F3N6O2/c1-9-6-12(26-8-17(2,3)25-16(26)29)23-14-11(7-22-27(9)14)15(28)24-13(10-4-5-10)18(19,20)21/h6-7,10,13H,4-5,8H2,1-3H3,(H,24,28)(H,25,29). The number of carbonyl (C=O) groups excluding carboxylic acids is 2. The Morgan fingerprint density at radius 2 is 2.07 bits per heavy atom. The number of halogens is 3. The lowest BCUT2D eigenvalue weighted by atomic mass is 10.1. The second-order valence-electron chi connectivity index (χ2n) is 8.28. The second kappa shape index (κ2) is 6.33. The van der Waals surface area contributed by atoms with Crippen LogP contribution in [0.1, 0.15) is 42.7 Å². The molecule has 156 valence electrons. The Kier molecular flexibility index (Phi) is 4.25. The van der Waals surface area contributed by atoms with Gasteiger partial charge in [-0.15, -0.1) is 0 Å². The van der Waals surface area contributed by atoms with E-state index in [1.165, 1.54) is 15.6 Å². The average Bonchev–Trinajstić information content (AvgIpc) is 3.26. The smallest absolute Gasteiger partial charge is 0.340 e. The van der Waals surface area contributed by atoms with Gasteiger partial charge in [0.15, 0.2) is 5.65 Å². The summed E-state index contributed by atoms with van der Waals surface area (Å²) < 4.78 is 41.2. The highest BCUT2D eigenvalue weighted by Gasteiger charge is 2.50. The number of nitrogens with zero attached hydrogens (tertiary/aromatic N) is 4. The number of aromatic nitrogens is 3. The summed E-state index contributed by atoms with van der Waals surface area (Å²) in [7, 11) is 0. The van der Waals surface area contributed by atoms with Crippen molar-refractivity contribution in [2.45, 2.75) is 51.4 Å². The minimum absolute atomic E-state index is 0.0660. The molecule has 1 unspecified atom stereocenters. The van der Waals surface area contributed by atoms with Crippen LogP contribution in [0.3, 0.4) is 0 Å². The summed E-state index contributed by atoms with van der Waals surface area (Å²) in [4.78, 5) is 30.7. The molecule has 2 aromatic heterocycles. The first-order chi connectivity index (χ1) is 13.5. The molecule has 1 aliphatic carbocycles. The van der Waals surface area contributed by atoms with E-state index in [9.17, 15) is 22.8 Å². The van der Waals surface area contributed by atoms with Gasteiger partial charge in [0.2, 0.25) is 0 Å². The molecule has 1 atom stereocenters. The summed E-state index contributed by atoms with van der Waals surface area (Å²) in [6.07, 6.45) is -2.46. The molecule has 2 N–H and O–H groups in total. The van der Waals surface area contributed by atoms with Crippen LogP contribution >= 0.6 is 0 Å². The number of aryl methyl sites for hydroxylation is 1. The molecular weight excluding hydrogens is 389 g/mol. The molecule has 29 heavy (non-hydrogen) atoms. The van der Waals surface area contributed by atoms with Crippen LogP contribution in [0.5, 0.6) is 0 Å². The van der Waals surface area contributed by atoms with Gasteiger partial charge in [-0.05, 0) is 39.5 Å². The van der Waals surface area contributed by atoms with Crippen LogP contribution in [0.25, 0.3) is 5.65 Å². The Morgan fingerprint density at radius 1 is 1.38 bits per heavy atom. The Morgan fingerprint density at radius 3 is 2.62 bits per heavy atom. The third-order valence-electron chi connectivity index (χ3n) is 5.13. The van der Waals surface area contributed by atoms with Crippen molar-refractivity contribution in [2.24, 2.45) is 5.92 Å². The fraction of sp³-hybridized carbons (Fsp3) is 0.556. The van der Waals surface area contributed by atoms with Gasteiger partial charge in [-0.1, -0.05) is 0 Å². The maximum atomic E-state index is 13.3. The van der Waals surface area contributed by atoms with E-state index in [0.29, 0.717) is 30.9 Å². The summed E-state index contributed by atoms with van der Waals surface area (Å²) >= 11 is 0. The topological polar surface area (TPSA) is 91.6 Å². The summed E-state index contributed by atoms with van der Waals surface area (Å²) in [5.41, 5.74) is 0.176. The zero-order valence-electron chi connectivity index (χ0n) is 16.2. The molecule has 2 fully saturated rings. The first-order valence-electron chi connectivity index (χ1n) is 9.29. The fourth-order valence-corrected chi connectivity index (χ4v) is 3.56. The molecule has 1 aliphatic heterocycles. The van der Waals surface area contributed by atoms with Gasteiger partial charge in [0, 0.05) is 11.8 Å². The predicted molar refractivity (Wildman–Crippen MR) is 97.7 cm³/mol. The van der Waals surface area contributed by atoms with Gasteiger partial charge in [0.1, 0.15) is 17.4 Å². The number of nitrogens with one attached hydrogen (secondary N) is 2. The van der Waals surface area contributed by atoms with E-state index in [2.05, 4.69) is 20.7 Å². The van der Waals surface area contributed by atoms with Gasteiger partial charge in [-0.3, -0.25) is 9.69 Å². The van der Waals surface area contributed by atoms with E-state index in [-0.39, 0.29) is 17.2 Å². The van der Waals surface area contributed by atoms with Gasteiger partial charge < -0.3 is 10.6 Å². The minimum Gasteiger partial charge on any atom is -0.340 e. The van der Waals surface area contributed by atoms with Crippen LogP contribution in [-0.4, -0.2) is 50.8 Å². The van der Waals surface area contributed by atoms with Crippen LogP contribution in [-0.2, 0) is 0 Å². The Labute approximate surface area is 164 Å². The summed E-state index contributed by atoms with van der Waals surface area (Å²) in [6.45, 7) is 5.81. The molecule has 1 saturated carbocycles. The minimum atomic E-state index is -4.52. The Hall–Kier alpha value is -2.85. The van der Waals surface area contributed by atoms with Crippen LogP contribution < -0.4 is 15.5 Å². The lowest BCUT2D eigenvalue weighted by molar-refractivity contribution is -0.158. The Bertz CT molecular complexity index is 995. The Balaban J connectivity index is 1.68. The van der Waals surface area contributed by atoms with E-state index in [1.54, 1.807) is 13.0 Å². The molecule has 4 rings (SSSR count). The predicted octanol–water partition coefficient (Wildman–Crippen LogP) is 2.42. The van der Waals surface area contributed by atoms with Crippen molar-refractivity contribution in [1.29, 1.82) is 0 Å². The molecule has 0 bridgehead atoms. The third-order valence-corrected chi connectivity index (χ3v) is 5.13. The number of hydrogen-bond acceptors (Lipinski definition) is 4. The highest BCUT2D eigenvalue weighted by Crippen LogP contribution is 2.40. The first-order valence-corrected chi connectivity index (χ1v) is 9.29. The fourth-order valence-electron chi connectivity index (χ4n) is 3.56. The highest BCUT2D eigenvalue weighted by atomic mass is 19.4. The largest absolute Gasteiger partial charge is 0.408 e. The molecule has 1 saturated heterocycles. The van der Waals surface area contributed by atoms with Crippen LogP contribution in [0.15, 0.2) is 12.3 Å². The first kappa shape index (κ1) is 19.5. The zero-order valence-corrected chi connectivity index (χ0v) is 16.2. The zero-order chi connectivity index (χ0) is 21.1. The van der Waals surface area contributed by atoms with Crippen molar-refractivity contribution in [2.75, 3.05) is 11.4 Å². The number of carbonyl (C=O) groups is 2. The van der Waals surface area contributed by atoms with E-state index >= 15 is 0 Å². The van der Waals surface area contributed by atoms with Gasteiger partial charge >= 0.3 is 12.2 Å². The van der Waals surface area contributed by atoms with Crippen molar-refractivity contribution in [3.8, 4) is 0 Å². The SMILES string of the molecule is Cc1cc(N2CC(C)(C)NC2=O)nc2c(C(=O)NC(C3CC3)C(F)(F)F)cnn12. The molecule has 8 nitrogen and oxygen atoms in total. The lowest BCUT2D eigenvalue weighted by Crippen LogP contribution is -2.46. The molecule has 2 aliphatic rings. The molecule has 2 aromatic rings. The van der Waals surface area contributed by atoms with Crippen LogP contribution in [0.2, 0.25) is 0 Å². The second-order valence-corrected chi connectivity index (χ2v) is 8.28. The van der Waals surface area contributed by atoms with Crippen molar-refractivity contribution in [3.63, 3.8) is 0 Å². The van der Waals surface area contributed by atoms with E-state index < -0.39 is 29.6 Å². The normalized spacial score (nSPS) is 20.1. The quantitative estimate of drug-likeness (QED) is 0.810. The number of anilines is 1. The number of amides is 3. The van der Waals surface area contributed by atoms with E-state index in [0.717, 1.165) is 0 Å². The van der Waals surface area contributed by atoms with Crippen molar-refractivity contribution >= 4 is 23.4 Å². The lowest BCUT2D eigenvalue weighted by Gasteiger charge is -2.21. The monoisotopic (exact) mass is 410 g/mol. The van der Waals surface area contributed by atoms with Crippen LogP contribution in [0, 0.1) is 12.8 Å². The van der Waals surface area contributed by atoms with E-state index in [1.807, 2.05) is 13.8 Å². The summed E-state index contributed by atoms with van der Waals surface area (Å²) in [6, 6.07) is -0.576. The maximum absolute atomic E-state index is 13.3. The van der Waals surface area contributed by atoms with Gasteiger partial charge in [-0.2, -0.15) is 18.3 Å². The molecule has 0 aromatic carbocycles. The van der Waals surface area contributed by atoms with Gasteiger partial charge in [-0.25, -0.2) is 14.3 Å². The summed E-state index contributed by atoms with van der Waals surface area (Å²) in [5.74, 6) is -1.17. The summed E-state index contributed by atoms with van der Waals surface area (Å²) in [5, 5.41) is 8.99. The highest BCUT2D eigenvalue weighted by molar-refractivity contribution is 6.00. The number of rotatable bonds is 4. The van der Waals surface area contributed by atoms with Gasteiger partial charge in [0.25, 0.3) is 5.91 Å². The molecule has 0 spiro atoms. The number of urea groups is 1. The van der Waals surface area contributed by atoms with Gasteiger partial charge in [0.05, 0.1) is 18.3 Å². The molecule has 3 amide bonds.